The summed E-state index contributed by atoms with van der Waals surface area (Å²) in [6.45, 7) is 10.7. The molecule has 0 radical (unpaired) electrons. The second kappa shape index (κ2) is 16.1. The van der Waals surface area contributed by atoms with Gasteiger partial charge in [-0.1, -0.05) is 46.8 Å². The summed E-state index contributed by atoms with van der Waals surface area (Å²) < 4.78 is 59.7. The monoisotopic (exact) mass is 731 g/mol. The fourth-order valence-corrected chi connectivity index (χ4v) is 6.10. The fourth-order valence-electron chi connectivity index (χ4n) is 5.03. The fraction of sp³-hybridized carbons (Fsp3) is 0.515. The molecule has 0 unspecified atom stereocenters. The zero-order valence-corrected chi connectivity index (χ0v) is 30.3. The first-order chi connectivity index (χ1) is 24.1. The first-order valence-electron chi connectivity index (χ1n) is 16.1. The molecular weight excluding hydrogens is 689 g/mol. The van der Waals surface area contributed by atoms with E-state index in [-0.39, 0.29) is 35.5 Å². The summed E-state index contributed by atoms with van der Waals surface area (Å²) in [5.41, 5.74) is 5.00. The molecule has 17 nitrogen and oxygen atoms in total. The van der Waals surface area contributed by atoms with E-state index in [0.29, 0.717) is 5.52 Å². The number of carbonyl (C=O) groups is 3. The predicted molar refractivity (Wildman–Crippen MR) is 178 cm³/mol. The highest BCUT2D eigenvalue weighted by Gasteiger charge is 2.62. The van der Waals surface area contributed by atoms with Gasteiger partial charge < -0.3 is 33.9 Å². The van der Waals surface area contributed by atoms with Gasteiger partial charge in [0.05, 0.1) is 18.4 Å². The largest absolute Gasteiger partial charge is 0.533 e. The molecule has 1 aromatic carbocycles. The number of hydrogen-bond acceptors (Lipinski definition) is 16. The first kappa shape index (κ1) is 39.0. The smallest absolute Gasteiger partial charge is 0.455 e. The molecule has 18 heteroatoms. The molecule has 0 aliphatic carbocycles. The van der Waals surface area contributed by atoms with Crippen molar-refractivity contribution in [2.45, 2.75) is 96.7 Å². The molecule has 0 amide bonds. The lowest BCUT2D eigenvalue weighted by atomic mass is 9.87. The molecule has 0 spiro atoms. The molecule has 0 bridgehead atoms. The number of esters is 2. The Hall–Kier alpha value is -4.75. The molecular formula is C33H42N5O12P. The summed E-state index contributed by atoms with van der Waals surface area (Å²) in [6.07, 6.45) is -5.10. The Morgan fingerprint density at radius 3 is 2.33 bits per heavy atom. The van der Waals surface area contributed by atoms with Crippen molar-refractivity contribution < 1.29 is 56.2 Å². The number of carbonyl (C=O) groups excluding carboxylic acids is 3. The van der Waals surface area contributed by atoms with E-state index in [1.807, 2.05) is 20.8 Å². The van der Waals surface area contributed by atoms with E-state index in [0.717, 1.165) is 11.9 Å². The average Bonchev–Trinajstić information content (AvgIpc) is 3.64. The van der Waals surface area contributed by atoms with Crippen molar-refractivity contribution in [2.24, 2.45) is 0 Å². The number of anilines is 1. The number of rotatable bonds is 14. The van der Waals surface area contributed by atoms with Gasteiger partial charge >= 0.3 is 25.9 Å². The minimum absolute atomic E-state index is 0.0646. The zero-order chi connectivity index (χ0) is 37.6. The Labute approximate surface area is 294 Å². The predicted octanol–water partition coefficient (Wildman–Crippen LogP) is 5.11. The molecule has 4 rings (SSSR count). The number of fused-ring (bicyclic) bond motifs is 1. The van der Waals surface area contributed by atoms with E-state index in [4.69, 9.17) is 43.0 Å². The lowest BCUT2D eigenvalue weighted by Gasteiger charge is -2.28. The molecule has 2 N–H and O–H groups in total. The van der Waals surface area contributed by atoms with Crippen LogP contribution in [0, 0.1) is 11.3 Å². The van der Waals surface area contributed by atoms with Crippen molar-refractivity contribution in [3.63, 3.8) is 0 Å². The summed E-state index contributed by atoms with van der Waals surface area (Å²) in [5, 5.41) is 14.9. The molecule has 3 aromatic rings. The number of nitrogen functional groups attached to an aromatic ring is 1. The number of nitrogens with two attached hydrogens (primary N) is 1. The Balaban J connectivity index is 1.72. The van der Waals surface area contributed by atoms with Crippen LogP contribution in [-0.2, 0) is 57.9 Å². The van der Waals surface area contributed by atoms with E-state index >= 15 is 0 Å². The first-order valence-corrected chi connectivity index (χ1v) is 17.6. The number of benzene rings is 1. The molecule has 1 aliphatic heterocycles. The van der Waals surface area contributed by atoms with Crippen LogP contribution in [0.5, 0.6) is 5.75 Å². The molecule has 276 valence electrons. The van der Waals surface area contributed by atoms with E-state index in [1.54, 1.807) is 52.0 Å². The normalized spacial score (nSPS) is 21.4. The van der Waals surface area contributed by atoms with Crippen molar-refractivity contribution in [1.29, 1.82) is 5.26 Å². The zero-order valence-electron chi connectivity index (χ0n) is 29.4. The number of ether oxygens (including phenoxy) is 5. The van der Waals surface area contributed by atoms with Crippen molar-refractivity contribution in [3.05, 3.63) is 54.0 Å². The van der Waals surface area contributed by atoms with Crippen LogP contribution >= 0.6 is 7.82 Å². The van der Waals surface area contributed by atoms with Crippen molar-refractivity contribution in [1.82, 2.24) is 14.6 Å². The van der Waals surface area contributed by atoms with Crippen LogP contribution in [0.2, 0.25) is 0 Å². The summed E-state index contributed by atoms with van der Waals surface area (Å²) in [6, 6.07) is 11.7. The number of nitriles is 1. The number of hydrogen-bond donors (Lipinski definition) is 1. The van der Waals surface area contributed by atoms with E-state index in [2.05, 4.69) is 16.2 Å². The topological polar surface area (TPSA) is 222 Å². The Morgan fingerprint density at radius 1 is 1.06 bits per heavy atom. The van der Waals surface area contributed by atoms with Gasteiger partial charge in [-0.15, -0.1) is 0 Å². The van der Waals surface area contributed by atoms with Crippen LogP contribution in [-0.4, -0.2) is 70.5 Å². The van der Waals surface area contributed by atoms with Crippen molar-refractivity contribution in [2.75, 3.05) is 19.1 Å². The van der Waals surface area contributed by atoms with Gasteiger partial charge in [-0.25, -0.2) is 23.4 Å². The summed E-state index contributed by atoms with van der Waals surface area (Å²) in [7, 11) is -4.70. The van der Waals surface area contributed by atoms with Gasteiger partial charge in [0.1, 0.15) is 29.8 Å². The summed E-state index contributed by atoms with van der Waals surface area (Å²) >= 11 is 0. The standard InChI is InChI=1S/C33H42N5O12P/c1-8-26(39)47-28-24(49-33(17-34,29(28)48-27(40)9-2)25-15-14-23-30(35)36-18-37-38(23)25)16-44-51(42,45-19-43-31(41)46-20(3)4)50-22-12-10-21(11-13-22)32(5,6)7/h10-15,18,20,24,28-29H,8-9,16,19H2,1-7H3,(H2,35,36,37)/t24-,28-,29-,33+,51-/m1/s1. The van der Waals surface area contributed by atoms with E-state index < -0.39 is 69.3 Å². The molecule has 2 aromatic heterocycles. The van der Waals surface area contributed by atoms with E-state index in [9.17, 15) is 24.2 Å². The number of phosphoric acid groups is 1. The molecule has 1 aliphatic rings. The molecule has 1 saturated heterocycles. The third-order valence-electron chi connectivity index (χ3n) is 7.59. The van der Waals surface area contributed by atoms with E-state index in [1.165, 1.54) is 16.6 Å². The van der Waals surface area contributed by atoms with Crippen LogP contribution in [0.25, 0.3) is 5.52 Å². The third kappa shape index (κ3) is 9.14. The van der Waals surface area contributed by atoms with Crippen LogP contribution in [0.4, 0.5) is 10.6 Å². The van der Waals surface area contributed by atoms with Gasteiger partial charge in [0.2, 0.25) is 12.4 Å². The molecule has 51 heavy (non-hydrogen) atoms. The van der Waals surface area contributed by atoms with Crippen LogP contribution < -0.4 is 10.3 Å². The van der Waals surface area contributed by atoms with Crippen molar-refractivity contribution >= 4 is 37.3 Å². The third-order valence-corrected chi connectivity index (χ3v) is 8.91. The van der Waals surface area contributed by atoms with Gasteiger partial charge in [0, 0.05) is 12.8 Å². The van der Waals surface area contributed by atoms with Gasteiger partial charge in [-0.05, 0) is 49.1 Å². The van der Waals surface area contributed by atoms with Gasteiger partial charge in [-0.2, -0.15) is 10.4 Å². The van der Waals surface area contributed by atoms with Gasteiger partial charge in [-0.3, -0.25) is 14.1 Å². The Morgan fingerprint density at radius 2 is 1.73 bits per heavy atom. The van der Waals surface area contributed by atoms with Crippen molar-refractivity contribution in [3.8, 4) is 11.8 Å². The second-order valence-corrected chi connectivity index (χ2v) is 14.2. The minimum atomic E-state index is -4.70. The Bertz CT molecular complexity index is 1800. The number of aromatic nitrogens is 3. The van der Waals surface area contributed by atoms with Crippen LogP contribution in [0.3, 0.4) is 0 Å². The number of phosphoric ester groups is 1. The maximum absolute atomic E-state index is 14.1. The summed E-state index contributed by atoms with van der Waals surface area (Å²) in [4.78, 5) is 41.5. The molecule has 0 saturated carbocycles. The molecule has 1 fully saturated rings. The lowest BCUT2D eigenvalue weighted by Crippen LogP contribution is -2.46. The summed E-state index contributed by atoms with van der Waals surface area (Å²) in [5.74, 6) is -1.30. The quantitative estimate of drug-likeness (QED) is 0.0984. The number of nitrogens with zero attached hydrogens (tertiary/aromatic N) is 4. The van der Waals surface area contributed by atoms with Gasteiger partial charge in [0.25, 0.3) is 0 Å². The SMILES string of the molecule is CCC(=O)O[C@H]1[C@@H](OC(=O)CC)[C@](C#N)(c2ccc3c(N)ncnn23)O[C@@H]1CO[P@](=O)(OCOC(=O)OC(C)C)Oc1ccc(C(C)(C)C)cc1. The minimum Gasteiger partial charge on any atom is -0.455 e. The van der Waals surface area contributed by atoms with Gasteiger partial charge in [0.15, 0.2) is 18.0 Å². The molecule has 5 atom stereocenters. The second-order valence-electron chi connectivity index (χ2n) is 12.7. The Kier molecular flexibility index (Phi) is 12.3. The maximum Gasteiger partial charge on any atom is 0.533 e. The lowest BCUT2D eigenvalue weighted by molar-refractivity contribution is -0.169. The maximum atomic E-state index is 14.1. The average molecular weight is 732 g/mol. The van der Waals surface area contributed by atoms with Crippen LogP contribution in [0.1, 0.15) is 72.6 Å². The highest BCUT2D eigenvalue weighted by Crippen LogP contribution is 2.51. The highest BCUT2D eigenvalue weighted by atomic mass is 31.2. The highest BCUT2D eigenvalue weighted by molar-refractivity contribution is 7.48. The van der Waals surface area contributed by atoms with Crippen LogP contribution in [0.15, 0.2) is 42.7 Å². The molecule has 3 heterocycles.